The van der Waals surface area contributed by atoms with Crippen molar-refractivity contribution >= 4 is 23.2 Å². The molecule has 0 spiro atoms. The number of benzene rings is 2. The molecule has 2 rings (SSSR count). The van der Waals surface area contributed by atoms with Crippen LogP contribution in [0.1, 0.15) is 5.56 Å². The van der Waals surface area contributed by atoms with Gasteiger partial charge < -0.3 is 4.74 Å². The van der Waals surface area contributed by atoms with E-state index in [2.05, 4.69) is 5.43 Å². The minimum atomic E-state index is 0.539. The van der Waals surface area contributed by atoms with Crippen LogP contribution in [-0.4, -0.2) is 0 Å². The standard InChI is InChI=1S/C13H12Cl2N2O/c14-10-5-11(15)7-13(6-10)18-12-3-1-2-9(4-12)8-17-16/h1-7,17H,8,16H2. The maximum absolute atomic E-state index is 5.91. The third-order valence-electron chi connectivity index (χ3n) is 2.28. The zero-order valence-electron chi connectivity index (χ0n) is 9.49. The second-order valence-corrected chi connectivity index (χ2v) is 4.61. The number of nitrogens with one attached hydrogen (secondary N) is 1. The predicted octanol–water partition coefficient (Wildman–Crippen LogP) is 3.75. The Morgan fingerprint density at radius 1 is 1.00 bits per heavy atom. The van der Waals surface area contributed by atoms with Crippen LogP contribution in [-0.2, 0) is 6.54 Å². The van der Waals surface area contributed by atoms with Crippen molar-refractivity contribution in [3.05, 3.63) is 58.1 Å². The lowest BCUT2D eigenvalue weighted by molar-refractivity contribution is 0.481. The van der Waals surface area contributed by atoms with Crippen LogP contribution in [0, 0.1) is 0 Å². The third-order valence-corrected chi connectivity index (χ3v) is 2.71. The maximum atomic E-state index is 5.91. The monoisotopic (exact) mass is 282 g/mol. The van der Waals surface area contributed by atoms with Crippen LogP contribution in [0.15, 0.2) is 42.5 Å². The summed E-state index contributed by atoms with van der Waals surface area (Å²) in [4.78, 5) is 0. The van der Waals surface area contributed by atoms with Gasteiger partial charge in [-0.2, -0.15) is 0 Å². The second-order valence-electron chi connectivity index (χ2n) is 3.74. The van der Waals surface area contributed by atoms with E-state index in [1.807, 2.05) is 24.3 Å². The minimum absolute atomic E-state index is 0.539. The fraction of sp³-hybridized carbons (Fsp3) is 0.0769. The van der Waals surface area contributed by atoms with Crippen LogP contribution in [0.25, 0.3) is 0 Å². The molecule has 0 aliphatic rings. The Labute approximate surface area is 115 Å². The molecule has 0 aliphatic carbocycles. The van der Waals surface area contributed by atoms with E-state index in [4.69, 9.17) is 33.8 Å². The lowest BCUT2D eigenvalue weighted by Gasteiger charge is -2.08. The average Bonchev–Trinajstić information content (AvgIpc) is 2.28. The summed E-state index contributed by atoms with van der Waals surface area (Å²) < 4.78 is 5.69. The SMILES string of the molecule is NNCc1cccc(Oc2cc(Cl)cc(Cl)c2)c1. The molecule has 94 valence electrons. The summed E-state index contributed by atoms with van der Waals surface area (Å²) in [6, 6.07) is 12.7. The molecule has 0 amide bonds. The van der Waals surface area contributed by atoms with Crippen molar-refractivity contribution in [2.75, 3.05) is 0 Å². The Morgan fingerprint density at radius 2 is 1.72 bits per heavy atom. The van der Waals surface area contributed by atoms with E-state index in [1.54, 1.807) is 18.2 Å². The lowest BCUT2D eigenvalue weighted by atomic mass is 10.2. The molecular weight excluding hydrogens is 271 g/mol. The Kier molecular flexibility index (Phi) is 4.44. The van der Waals surface area contributed by atoms with Crippen LogP contribution in [0.2, 0.25) is 10.0 Å². The van der Waals surface area contributed by atoms with Crippen molar-refractivity contribution in [2.24, 2.45) is 5.84 Å². The highest BCUT2D eigenvalue weighted by Gasteiger charge is 2.02. The Balaban J connectivity index is 2.20. The zero-order valence-corrected chi connectivity index (χ0v) is 11.0. The third kappa shape index (κ3) is 3.62. The van der Waals surface area contributed by atoms with Crippen LogP contribution >= 0.6 is 23.2 Å². The molecule has 5 heteroatoms. The second kappa shape index (κ2) is 6.07. The summed E-state index contributed by atoms with van der Waals surface area (Å²) in [6.45, 7) is 0.577. The first-order chi connectivity index (χ1) is 8.67. The minimum Gasteiger partial charge on any atom is -0.457 e. The molecule has 0 aromatic heterocycles. The van der Waals surface area contributed by atoms with Gasteiger partial charge in [-0.3, -0.25) is 11.3 Å². The maximum Gasteiger partial charge on any atom is 0.130 e. The number of hydrazine groups is 1. The van der Waals surface area contributed by atoms with Crippen LogP contribution in [0.4, 0.5) is 0 Å². The van der Waals surface area contributed by atoms with Gasteiger partial charge in [0.1, 0.15) is 11.5 Å². The van der Waals surface area contributed by atoms with E-state index in [-0.39, 0.29) is 0 Å². The molecule has 2 aromatic carbocycles. The Morgan fingerprint density at radius 3 is 2.39 bits per heavy atom. The van der Waals surface area contributed by atoms with Crippen molar-refractivity contribution < 1.29 is 4.74 Å². The number of ether oxygens (including phenoxy) is 1. The van der Waals surface area contributed by atoms with Gasteiger partial charge >= 0.3 is 0 Å². The highest BCUT2D eigenvalue weighted by molar-refractivity contribution is 6.34. The van der Waals surface area contributed by atoms with Crippen molar-refractivity contribution in [3.63, 3.8) is 0 Å². The normalized spacial score (nSPS) is 10.4. The summed E-state index contributed by atoms with van der Waals surface area (Å²) in [5.74, 6) is 6.59. The van der Waals surface area contributed by atoms with E-state index in [9.17, 15) is 0 Å². The molecule has 0 atom stereocenters. The fourth-order valence-corrected chi connectivity index (χ4v) is 2.07. The van der Waals surface area contributed by atoms with E-state index in [0.29, 0.717) is 28.1 Å². The van der Waals surface area contributed by atoms with Gasteiger partial charge in [0.25, 0.3) is 0 Å². The van der Waals surface area contributed by atoms with Gasteiger partial charge in [0.05, 0.1) is 0 Å². The highest BCUT2D eigenvalue weighted by atomic mass is 35.5. The van der Waals surface area contributed by atoms with Crippen LogP contribution in [0.5, 0.6) is 11.5 Å². The summed E-state index contributed by atoms with van der Waals surface area (Å²) in [5, 5.41) is 1.08. The number of rotatable bonds is 4. The molecule has 0 fully saturated rings. The van der Waals surface area contributed by atoms with E-state index < -0.39 is 0 Å². The van der Waals surface area contributed by atoms with Gasteiger partial charge in [-0.25, -0.2) is 0 Å². The van der Waals surface area contributed by atoms with E-state index in [0.717, 1.165) is 5.56 Å². The molecule has 0 saturated carbocycles. The molecule has 0 saturated heterocycles. The zero-order chi connectivity index (χ0) is 13.0. The van der Waals surface area contributed by atoms with Gasteiger partial charge in [0.15, 0.2) is 0 Å². The molecule has 0 heterocycles. The first kappa shape index (κ1) is 13.2. The van der Waals surface area contributed by atoms with Gasteiger partial charge in [-0.05, 0) is 35.9 Å². The summed E-state index contributed by atoms with van der Waals surface area (Å²) >= 11 is 11.8. The summed E-state index contributed by atoms with van der Waals surface area (Å²) in [7, 11) is 0. The smallest absolute Gasteiger partial charge is 0.130 e. The van der Waals surface area contributed by atoms with Crippen molar-refractivity contribution in [2.45, 2.75) is 6.54 Å². The first-order valence-corrected chi connectivity index (χ1v) is 6.09. The molecular formula is C13H12Cl2N2O. The van der Waals surface area contributed by atoms with E-state index in [1.165, 1.54) is 0 Å². The fourth-order valence-electron chi connectivity index (χ4n) is 1.56. The van der Waals surface area contributed by atoms with E-state index >= 15 is 0 Å². The van der Waals surface area contributed by atoms with Crippen molar-refractivity contribution in [3.8, 4) is 11.5 Å². The number of hydrogen-bond donors (Lipinski definition) is 2. The lowest BCUT2D eigenvalue weighted by Crippen LogP contribution is -2.20. The molecule has 0 radical (unpaired) electrons. The largest absolute Gasteiger partial charge is 0.457 e. The van der Waals surface area contributed by atoms with Gasteiger partial charge in [0, 0.05) is 16.6 Å². The summed E-state index contributed by atoms with van der Waals surface area (Å²) in [6.07, 6.45) is 0. The molecule has 0 aliphatic heterocycles. The number of hydrogen-bond acceptors (Lipinski definition) is 3. The average molecular weight is 283 g/mol. The van der Waals surface area contributed by atoms with Crippen molar-refractivity contribution in [1.29, 1.82) is 0 Å². The first-order valence-electron chi connectivity index (χ1n) is 5.34. The molecule has 0 bridgehead atoms. The molecule has 0 unspecified atom stereocenters. The Hall–Kier alpha value is -1.26. The van der Waals surface area contributed by atoms with Gasteiger partial charge in [-0.1, -0.05) is 35.3 Å². The summed E-state index contributed by atoms with van der Waals surface area (Å²) in [5.41, 5.74) is 3.63. The van der Waals surface area contributed by atoms with Gasteiger partial charge in [-0.15, -0.1) is 0 Å². The van der Waals surface area contributed by atoms with Crippen LogP contribution < -0.4 is 16.0 Å². The number of nitrogens with two attached hydrogens (primary N) is 1. The molecule has 18 heavy (non-hydrogen) atoms. The van der Waals surface area contributed by atoms with Crippen LogP contribution in [0.3, 0.4) is 0 Å². The highest BCUT2D eigenvalue weighted by Crippen LogP contribution is 2.28. The van der Waals surface area contributed by atoms with Crippen molar-refractivity contribution in [1.82, 2.24) is 5.43 Å². The topological polar surface area (TPSA) is 47.3 Å². The predicted molar refractivity (Wildman–Crippen MR) is 74.0 cm³/mol. The molecule has 3 N–H and O–H groups in total. The Bertz CT molecular complexity index is 526. The number of halogens is 2. The molecule has 2 aromatic rings. The van der Waals surface area contributed by atoms with Gasteiger partial charge in [0.2, 0.25) is 0 Å². The molecule has 3 nitrogen and oxygen atoms in total. The quantitative estimate of drug-likeness (QED) is 0.663.